The van der Waals surface area contributed by atoms with E-state index in [2.05, 4.69) is 4.98 Å². The van der Waals surface area contributed by atoms with Gasteiger partial charge in [0.2, 0.25) is 0 Å². The van der Waals surface area contributed by atoms with E-state index < -0.39 is 6.16 Å². The highest BCUT2D eigenvalue weighted by molar-refractivity contribution is 5.53. The maximum atomic E-state index is 8.56. The van der Waals surface area contributed by atoms with Crippen LogP contribution in [0.5, 0.6) is 0 Å². The minimum Gasteiger partial charge on any atom is -0.450 e. The minimum atomic E-state index is -1.83. The van der Waals surface area contributed by atoms with E-state index in [1.54, 1.807) is 0 Å². The van der Waals surface area contributed by atoms with Crippen LogP contribution in [0.15, 0.2) is 18.3 Å². The number of aromatic amines is 1. The van der Waals surface area contributed by atoms with E-state index >= 15 is 0 Å². The van der Waals surface area contributed by atoms with Crippen molar-refractivity contribution in [2.45, 2.75) is 6.42 Å². The van der Waals surface area contributed by atoms with Gasteiger partial charge in [-0.3, -0.25) is 0 Å². The van der Waals surface area contributed by atoms with Crippen molar-refractivity contribution >= 4 is 6.16 Å². The number of nitrogens with one attached hydrogen (secondary N) is 1. The largest absolute Gasteiger partial charge is 0.503 e. The molecule has 5 N–H and O–H groups in total. The van der Waals surface area contributed by atoms with Crippen LogP contribution in [0.4, 0.5) is 4.79 Å². The fourth-order valence-electron chi connectivity index (χ4n) is 0.679. The van der Waals surface area contributed by atoms with Crippen molar-refractivity contribution in [3.63, 3.8) is 0 Å². The van der Waals surface area contributed by atoms with Gasteiger partial charge in [0, 0.05) is 11.9 Å². The zero-order chi connectivity index (χ0) is 9.40. The molecule has 0 aromatic carbocycles. The molecule has 0 saturated heterocycles. The van der Waals surface area contributed by atoms with Crippen LogP contribution in [-0.4, -0.2) is 27.9 Å². The summed E-state index contributed by atoms with van der Waals surface area (Å²) in [5.41, 5.74) is 6.52. The second-order valence-electron chi connectivity index (χ2n) is 2.02. The Morgan fingerprint density at radius 1 is 1.58 bits per heavy atom. The zero-order valence-electron chi connectivity index (χ0n) is 6.53. The third kappa shape index (κ3) is 6.63. The molecule has 1 heterocycles. The van der Waals surface area contributed by atoms with Crippen LogP contribution < -0.4 is 5.73 Å². The minimum absolute atomic E-state index is 0.723. The summed E-state index contributed by atoms with van der Waals surface area (Å²) in [5.74, 6) is 0. The van der Waals surface area contributed by atoms with Crippen LogP contribution in [0.25, 0.3) is 0 Å². The van der Waals surface area contributed by atoms with Gasteiger partial charge in [0.1, 0.15) is 0 Å². The first-order valence-electron chi connectivity index (χ1n) is 3.41. The SMILES string of the molecule is NCCc1ccc[nH]1.O=C(O)O. The molecule has 1 aromatic heterocycles. The number of hydrogen-bond donors (Lipinski definition) is 4. The molecule has 5 nitrogen and oxygen atoms in total. The summed E-state index contributed by atoms with van der Waals surface area (Å²) in [6, 6.07) is 4.01. The molecule has 0 aliphatic heterocycles. The third-order valence-electron chi connectivity index (χ3n) is 1.08. The number of rotatable bonds is 2. The summed E-state index contributed by atoms with van der Waals surface area (Å²) in [7, 11) is 0. The fraction of sp³-hybridized carbons (Fsp3) is 0.286. The quantitative estimate of drug-likeness (QED) is 0.528. The van der Waals surface area contributed by atoms with Crippen molar-refractivity contribution in [2.75, 3.05) is 6.54 Å². The predicted molar refractivity (Wildman–Crippen MR) is 44.2 cm³/mol. The summed E-state index contributed by atoms with van der Waals surface area (Å²) in [4.78, 5) is 11.6. The molecule has 0 unspecified atom stereocenters. The first-order chi connectivity index (χ1) is 5.66. The van der Waals surface area contributed by atoms with Crippen molar-refractivity contribution in [3.8, 4) is 0 Å². The Morgan fingerprint density at radius 3 is 2.50 bits per heavy atom. The van der Waals surface area contributed by atoms with Gasteiger partial charge >= 0.3 is 6.16 Å². The van der Waals surface area contributed by atoms with E-state index in [4.69, 9.17) is 20.7 Å². The average Bonchev–Trinajstić information content (AvgIpc) is 2.39. The predicted octanol–water partition coefficient (Wildman–Crippen LogP) is 0.738. The molecule has 0 saturated carbocycles. The first kappa shape index (κ1) is 10.5. The molecule has 0 atom stereocenters. The molecule has 0 bridgehead atoms. The van der Waals surface area contributed by atoms with Gasteiger partial charge in [-0.1, -0.05) is 0 Å². The van der Waals surface area contributed by atoms with E-state index in [0.29, 0.717) is 0 Å². The monoisotopic (exact) mass is 172 g/mol. The van der Waals surface area contributed by atoms with Gasteiger partial charge < -0.3 is 20.9 Å². The van der Waals surface area contributed by atoms with Gasteiger partial charge in [-0.15, -0.1) is 0 Å². The number of H-pyrrole nitrogens is 1. The van der Waals surface area contributed by atoms with Gasteiger partial charge in [-0.25, -0.2) is 4.79 Å². The molecule has 0 aliphatic carbocycles. The van der Waals surface area contributed by atoms with Crippen LogP contribution in [0, 0.1) is 0 Å². The van der Waals surface area contributed by atoms with E-state index in [0.717, 1.165) is 13.0 Å². The van der Waals surface area contributed by atoms with Gasteiger partial charge in [0.05, 0.1) is 0 Å². The smallest absolute Gasteiger partial charge is 0.450 e. The molecule has 5 heteroatoms. The number of nitrogens with two attached hydrogens (primary N) is 1. The normalized spacial score (nSPS) is 8.42. The van der Waals surface area contributed by atoms with Crippen LogP contribution >= 0.6 is 0 Å². The summed E-state index contributed by atoms with van der Waals surface area (Å²) in [6.45, 7) is 0.723. The van der Waals surface area contributed by atoms with Crippen LogP contribution in [0.2, 0.25) is 0 Å². The molecule has 0 aliphatic rings. The van der Waals surface area contributed by atoms with Crippen LogP contribution in [0.3, 0.4) is 0 Å². The summed E-state index contributed by atoms with van der Waals surface area (Å²) >= 11 is 0. The summed E-state index contributed by atoms with van der Waals surface area (Å²) < 4.78 is 0. The summed E-state index contributed by atoms with van der Waals surface area (Å²) in [5, 5.41) is 13.9. The van der Waals surface area contributed by atoms with Crippen LogP contribution in [0.1, 0.15) is 5.69 Å². The Hall–Kier alpha value is -1.49. The van der Waals surface area contributed by atoms with Crippen molar-refractivity contribution in [3.05, 3.63) is 24.0 Å². The number of carboxylic acid groups (broad SMARTS) is 2. The molecular formula is C7H12N2O3. The number of hydrogen-bond acceptors (Lipinski definition) is 2. The molecule has 12 heavy (non-hydrogen) atoms. The van der Waals surface area contributed by atoms with Crippen molar-refractivity contribution in [2.24, 2.45) is 5.73 Å². The summed E-state index contributed by atoms with van der Waals surface area (Å²) in [6.07, 6.45) is 1.03. The molecule has 68 valence electrons. The fourth-order valence-corrected chi connectivity index (χ4v) is 0.679. The van der Waals surface area contributed by atoms with Gasteiger partial charge in [0.25, 0.3) is 0 Å². The lowest BCUT2D eigenvalue weighted by Gasteiger charge is -1.88. The van der Waals surface area contributed by atoms with Crippen LogP contribution in [-0.2, 0) is 6.42 Å². The van der Waals surface area contributed by atoms with Gasteiger partial charge in [0.15, 0.2) is 0 Å². The van der Waals surface area contributed by atoms with Crippen molar-refractivity contribution in [1.29, 1.82) is 0 Å². The standard InChI is InChI=1S/C6H10N2.CH2O3/c7-4-3-6-2-1-5-8-6;2-1(3)4/h1-2,5,8H,3-4,7H2;(H2,2,3,4). The molecule has 0 radical (unpaired) electrons. The Balaban J connectivity index is 0.000000261. The lowest BCUT2D eigenvalue weighted by atomic mass is 10.3. The Bertz CT molecular complexity index is 204. The highest BCUT2D eigenvalue weighted by atomic mass is 16.6. The van der Waals surface area contributed by atoms with Crippen molar-refractivity contribution < 1.29 is 15.0 Å². The number of carbonyl (C=O) groups is 1. The lowest BCUT2D eigenvalue weighted by Crippen LogP contribution is -2.02. The second kappa shape index (κ2) is 6.23. The molecular weight excluding hydrogens is 160 g/mol. The highest BCUT2D eigenvalue weighted by Gasteiger charge is 1.85. The molecule has 0 fully saturated rings. The lowest BCUT2D eigenvalue weighted by molar-refractivity contribution is 0.137. The number of aromatic nitrogens is 1. The Kier molecular flexibility index (Phi) is 5.46. The molecule has 1 aromatic rings. The van der Waals surface area contributed by atoms with Gasteiger partial charge in [-0.05, 0) is 25.1 Å². The zero-order valence-corrected chi connectivity index (χ0v) is 6.53. The van der Waals surface area contributed by atoms with Gasteiger partial charge in [-0.2, -0.15) is 0 Å². The first-order valence-corrected chi connectivity index (χ1v) is 3.41. The molecule has 0 amide bonds. The highest BCUT2D eigenvalue weighted by Crippen LogP contribution is 1.92. The topological polar surface area (TPSA) is 99.3 Å². The molecule has 1 rings (SSSR count). The van der Waals surface area contributed by atoms with E-state index in [9.17, 15) is 0 Å². The Morgan fingerprint density at radius 2 is 2.17 bits per heavy atom. The van der Waals surface area contributed by atoms with Crippen molar-refractivity contribution in [1.82, 2.24) is 4.98 Å². The van der Waals surface area contributed by atoms with E-state index in [1.807, 2.05) is 18.3 Å². The maximum absolute atomic E-state index is 8.56. The molecule has 0 spiro atoms. The third-order valence-corrected chi connectivity index (χ3v) is 1.08. The van der Waals surface area contributed by atoms with E-state index in [-0.39, 0.29) is 0 Å². The average molecular weight is 172 g/mol. The maximum Gasteiger partial charge on any atom is 0.503 e. The Labute approximate surface area is 69.8 Å². The van der Waals surface area contributed by atoms with E-state index in [1.165, 1.54) is 5.69 Å². The second-order valence-corrected chi connectivity index (χ2v) is 2.02.